The lowest BCUT2D eigenvalue weighted by Crippen LogP contribution is -2.60. The molecule has 2 saturated heterocycles. The van der Waals surface area contributed by atoms with Gasteiger partial charge in [0.1, 0.15) is 0 Å². The molecule has 174 valence electrons. The van der Waals surface area contributed by atoms with Crippen LogP contribution in [0.25, 0.3) is 0 Å². The highest BCUT2D eigenvalue weighted by Crippen LogP contribution is 2.33. The summed E-state index contributed by atoms with van der Waals surface area (Å²) in [6.45, 7) is 8.31. The van der Waals surface area contributed by atoms with Crippen LogP contribution in [0, 0.1) is 11.8 Å². The van der Waals surface area contributed by atoms with Crippen LogP contribution in [0.3, 0.4) is 0 Å². The lowest BCUT2D eigenvalue weighted by molar-refractivity contribution is -0.953. The Hall–Kier alpha value is -1.44. The van der Waals surface area contributed by atoms with Crippen molar-refractivity contribution >= 4 is 5.78 Å². The average Bonchev–Trinajstić information content (AvgIpc) is 2.78. The van der Waals surface area contributed by atoms with Gasteiger partial charge in [-0.15, -0.1) is 0 Å². The minimum atomic E-state index is -4.32. The van der Waals surface area contributed by atoms with Crippen LogP contribution in [0.4, 0.5) is 13.2 Å². The second kappa shape index (κ2) is 10.0. The molecule has 0 spiro atoms. The van der Waals surface area contributed by atoms with E-state index in [-0.39, 0.29) is 23.7 Å². The van der Waals surface area contributed by atoms with Gasteiger partial charge < -0.3 is 15.0 Å². The molecule has 0 saturated carbocycles. The number of rotatable bonds is 7. The zero-order chi connectivity index (χ0) is 22.6. The Balaban J connectivity index is 1.61. The van der Waals surface area contributed by atoms with Gasteiger partial charge >= 0.3 is 6.18 Å². The number of likely N-dealkylation sites (N-methyl/N-ethyl adjacent to an activating group) is 1. The zero-order valence-electron chi connectivity index (χ0n) is 18.7. The number of hydrogen-bond donors (Lipinski definition) is 1. The minimum Gasteiger partial charge on any atom is -0.381 e. The van der Waals surface area contributed by atoms with Crippen molar-refractivity contribution in [2.45, 2.75) is 64.2 Å². The second-order valence-electron chi connectivity index (χ2n) is 9.39. The van der Waals surface area contributed by atoms with Gasteiger partial charge in [-0.2, -0.15) is 13.2 Å². The molecule has 31 heavy (non-hydrogen) atoms. The Labute approximate surface area is 183 Å². The number of carbonyl (C=O) groups is 1. The number of likely N-dealkylation sites (tertiary alicyclic amines) is 1. The molecular formula is C24H36F3N2O2+. The first kappa shape index (κ1) is 24.2. The van der Waals surface area contributed by atoms with E-state index < -0.39 is 17.8 Å². The molecule has 1 aromatic carbocycles. The summed E-state index contributed by atoms with van der Waals surface area (Å²) in [5, 5.41) is 0. The summed E-state index contributed by atoms with van der Waals surface area (Å²) < 4.78 is 45.4. The molecule has 0 bridgehead atoms. The maximum atomic E-state index is 13.1. The first-order valence-corrected chi connectivity index (χ1v) is 11.5. The van der Waals surface area contributed by atoms with Gasteiger partial charge in [-0.05, 0) is 44.2 Å². The van der Waals surface area contributed by atoms with E-state index in [0.29, 0.717) is 19.6 Å². The SMILES string of the molecule is CC[N+]1(C(C)Cc2cccc(C(F)(F)F)c2)CCC(C(N)C(=O)C2CCOCC2)CC1. The zero-order valence-corrected chi connectivity index (χ0v) is 18.7. The molecule has 2 N–H and O–H groups in total. The Morgan fingerprint density at radius 3 is 2.42 bits per heavy atom. The molecule has 1 aromatic rings. The van der Waals surface area contributed by atoms with E-state index >= 15 is 0 Å². The van der Waals surface area contributed by atoms with E-state index in [1.165, 1.54) is 12.1 Å². The van der Waals surface area contributed by atoms with Gasteiger partial charge in [0, 0.05) is 38.4 Å². The maximum Gasteiger partial charge on any atom is 0.416 e. The molecule has 0 aromatic heterocycles. The molecule has 2 atom stereocenters. The predicted molar refractivity (Wildman–Crippen MR) is 114 cm³/mol. The summed E-state index contributed by atoms with van der Waals surface area (Å²) in [7, 11) is 0. The van der Waals surface area contributed by atoms with Crippen molar-refractivity contribution < 1.29 is 27.2 Å². The third-order valence-electron chi connectivity index (χ3n) is 7.70. The number of ether oxygens (including phenoxy) is 1. The first-order chi connectivity index (χ1) is 14.7. The number of hydrogen-bond acceptors (Lipinski definition) is 3. The lowest BCUT2D eigenvalue weighted by atomic mass is 9.80. The van der Waals surface area contributed by atoms with Crippen LogP contribution in [0.2, 0.25) is 0 Å². The van der Waals surface area contributed by atoms with Crippen molar-refractivity contribution in [2.24, 2.45) is 17.6 Å². The number of nitrogens with two attached hydrogens (primary N) is 1. The van der Waals surface area contributed by atoms with Crippen LogP contribution < -0.4 is 5.73 Å². The highest BCUT2D eigenvalue weighted by molar-refractivity contribution is 5.86. The molecule has 3 rings (SSSR count). The topological polar surface area (TPSA) is 52.3 Å². The van der Waals surface area contributed by atoms with Crippen molar-refractivity contribution in [1.29, 1.82) is 0 Å². The Bertz CT molecular complexity index is 739. The smallest absolute Gasteiger partial charge is 0.381 e. The number of carbonyl (C=O) groups excluding carboxylic acids is 1. The molecule has 2 aliphatic heterocycles. The van der Waals surface area contributed by atoms with Crippen LogP contribution in [-0.2, 0) is 22.1 Å². The Morgan fingerprint density at radius 2 is 1.84 bits per heavy atom. The molecule has 2 fully saturated rings. The number of halogens is 3. The number of alkyl halides is 3. The van der Waals surface area contributed by atoms with Crippen LogP contribution in [0.5, 0.6) is 0 Å². The molecule has 2 aliphatic rings. The van der Waals surface area contributed by atoms with E-state index in [0.717, 1.165) is 61.4 Å². The highest BCUT2D eigenvalue weighted by Gasteiger charge is 2.41. The van der Waals surface area contributed by atoms with E-state index in [1.807, 2.05) is 0 Å². The molecule has 4 nitrogen and oxygen atoms in total. The highest BCUT2D eigenvalue weighted by atomic mass is 19.4. The fourth-order valence-corrected chi connectivity index (χ4v) is 5.43. The quantitative estimate of drug-likeness (QED) is 0.645. The van der Waals surface area contributed by atoms with Crippen molar-refractivity contribution in [3.63, 3.8) is 0 Å². The first-order valence-electron chi connectivity index (χ1n) is 11.5. The predicted octanol–water partition coefficient (Wildman–Crippen LogP) is 4.21. The van der Waals surface area contributed by atoms with Crippen molar-refractivity contribution in [1.82, 2.24) is 0 Å². The average molecular weight is 442 g/mol. The van der Waals surface area contributed by atoms with Crippen LogP contribution in [0.15, 0.2) is 24.3 Å². The van der Waals surface area contributed by atoms with Crippen molar-refractivity contribution in [3.8, 4) is 0 Å². The maximum absolute atomic E-state index is 13.1. The molecule has 0 aliphatic carbocycles. The number of benzene rings is 1. The van der Waals surface area contributed by atoms with Crippen molar-refractivity contribution in [3.05, 3.63) is 35.4 Å². The van der Waals surface area contributed by atoms with Gasteiger partial charge in [-0.1, -0.05) is 18.2 Å². The van der Waals surface area contributed by atoms with E-state index in [2.05, 4.69) is 13.8 Å². The van der Waals surface area contributed by atoms with Gasteiger partial charge in [-0.3, -0.25) is 4.79 Å². The molecule has 0 radical (unpaired) electrons. The van der Waals surface area contributed by atoms with Gasteiger partial charge in [0.15, 0.2) is 5.78 Å². The van der Waals surface area contributed by atoms with E-state index in [9.17, 15) is 18.0 Å². The third-order valence-corrected chi connectivity index (χ3v) is 7.70. The summed E-state index contributed by atoms with van der Waals surface area (Å²) in [6.07, 6.45) is -0.407. The molecular weight excluding hydrogens is 405 g/mol. The molecule has 2 unspecified atom stereocenters. The summed E-state index contributed by atoms with van der Waals surface area (Å²) in [5.74, 6) is 0.395. The van der Waals surface area contributed by atoms with Crippen LogP contribution >= 0.6 is 0 Å². The molecule has 2 heterocycles. The second-order valence-corrected chi connectivity index (χ2v) is 9.39. The minimum absolute atomic E-state index is 0.0240. The largest absolute Gasteiger partial charge is 0.416 e. The summed E-state index contributed by atoms with van der Waals surface area (Å²) in [5.41, 5.74) is 6.54. The van der Waals surface area contributed by atoms with Crippen LogP contribution in [-0.4, -0.2) is 55.2 Å². The van der Waals surface area contributed by atoms with Crippen molar-refractivity contribution in [2.75, 3.05) is 32.8 Å². The lowest BCUT2D eigenvalue weighted by Gasteiger charge is -2.48. The summed E-state index contributed by atoms with van der Waals surface area (Å²) in [4.78, 5) is 12.8. The third kappa shape index (κ3) is 5.68. The molecule has 0 amide bonds. The monoisotopic (exact) mass is 441 g/mol. The van der Waals surface area contributed by atoms with Gasteiger partial charge in [0.25, 0.3) is 0 Å². The standard InChI is InChI=1S/C24H36F3N2O2/c1-3-29(17(2)15-18-5-4-6-21(16-18)24(25,26)27)11-7-19(8-12-29)22(28)23(30)20-9-13-31-14-10-20/h4-6,16-17,19-20,22H,3,7-15,28H2,1-2H3/q+1. The number of quaternary nitrogens is 1. The van der Waals surface area contributed by atoms with Gasteiger partial charge in [-0.25, -0.2) is 0 Å². The van der Waals surface area contributed by atoms with Gasteiger partial charge in [0.2, 0.25) is 0 Å². The van der Waals surface area contributed by atoms with Crippen LogP contribution in [0.1, 0.15) is 50.7 Å². The number of nitrogens with zero attached hydrogens (tertiary/aromatic N) is 1. The number of piperidine rings is 1. The summed E-state index contributed by atoms with van der Waals surface area (Å²) in [6, 6.07) is 5.47. The normalized spacial score (nSPS) is 27.6. The number of Topliss-reactive ketones (excluding diaryl/α,β-unsaturated/α-hetero) is 1. The summed E-state index contributed by atoms with van der Waals surface area (Å²) >= 11 is 0. The number of ketones is 1. The van der Waals surface area contributed by atoms with E-state index in [4.69, 9.17) is 10.5 Å². The van der Waals surface area contributed by atoms with E-state index in [1.54, 1.807) is 6.07 Å². The Morgan fingerprint density at radius 1 is 1.19 bits per heavy atom. The Kier molecular flexibility index (Phi) is 7.81. The van der Waals surface area contributed by atoms with Gasteiger partial charge in [0.05, 0.1) is 37.3 Å². The fraction of sp³-hybridized carbons (Fsp3) is 0.708. The molecule has 7 heteroatoms. The fourth-order valence-electron chi connectivity index (χ4n) is 5.43.